The molecule has 0 bridgehead atoms. The van der Waals surface area contributed by atoms with Crippen LogP contribution in [-0.4, -0.2) is 65.0 Å². The van der Waals surface area contributed by atoms with Gasteiger partial charge in [-0.2, -0.15) is 5.10 Å². The van der Waals surface area contributed by atoms with Gasteiger partial charge in [-0.3, -0.25) is 19.4 Å². The van der Waals surface area contributed by atoms with E-state index in [4.69, 9.17) is 9.47 Å². The number of amides is 1. The quantitative estimate of drug-likeness (QED) is 0.815. The molecule has 1 amide bonds. The number of ether oxygens (including phenoxy) is 2. The second-order valence-electron chi connectivity index (χ2n) is 6.00. The Kier molecular flexibility index (Phi) is 5.62. The minimum absolute atomic E-state index is 0.0424. The molecule has 3 heterocycles. The van der Waals surface area contributed by atoms with Crippen LogP contribution in [0.4, 0.5) is 0 Å². The smallest absolute Gasteiger partial charge is 0.258 e. The first kappa shape index (κ1) is 17.4. The van der Waals surface area contributed by atoms with E-state index in [0.717, 1.165) is 12.2 Å². The average molecular weight is 345 g/mol. The van der Waals surface area contributed by atoms with Gasteiger partial charge in [-0.05, 0) is 25.2 Å². The van der Waals surface area contributed by atoms with Crippen LogP contribution in [0.3, 0.4) is 0 Å². The van der Waals surface area contributed by atoms with E-state index in [1.54, 1.807) is 30.7 Å². The molecule has 25 heavy (non-hydrogen) atoms. The van der Waals surface area contributed by atoms with Crippen LogP contribution in [-0.2, 0) is 16.6 Å². The molecule has 1 saturated heterocycles. The summed E-state index contributed by atoms with van der Waals surface area (Å²) in [5.41, 5.74) is 1.06. The van der Waals surface area contributed by atoms with E-state index >= 15 is 0 Å². The Morgan fingerprint density at radius 2 is 2.28 bits per heavy atom. The minimum Gasteiger partial charge on any atom is -0.482 e. The van der Waals surface area contributed by atoms with Gasteiger partial charge in [-0.15, -0.1) is 0 Å². The molecule has 2 aromatic rings. The molecule has 2 aromatic heterocycles. The number of nitrogens with zero attached hydrogens (tertiary/aromatic N) is 4. The Labute approximate surface area is 146 Å². The lowest BCUT2D eigenvalue weighted by atomic mass is 10.0. The molecule has 8 nitrogen and oxygen atoms in total. The number of pyridine rings is 1. The van der Waals surface area contributed by atoms with Crippen molar-refractivity contribution in [1.29, 1.82) is 0 Å². The highest BCUT2D eigenvalue weighted by molar-refractivity contribution is 5.77. The molecule has 1 fully saturated rings. The van der Waals surface area contributed by atoms with Crippen molar-refractivity contribution in [2.24, 2.45) is 7.05 Å². The Morgan fingerprint density at radius 3 is 3.00 bits per heavy atom. The molecule has 0 aliphatic carbocycles. The van der Waals surface area contributed by atoms with Crippen molar-refractivity contribution in [3.05, 3.63) is 42.5 Å². The molecule has 1 aliphatic rings. The van der Waals surface area contributed by atoms with Gasteiger partial charge in [-0.1, -0.05) is 0 Å². The zero-order valence-electron chi connectivity index (χ0n) is 14.5. The molecule has 0 saturated carbocycles. The fraction of sp³-hybridized carbons (Fsp3) is 0.471. The van der Waals surface area contributed by atoms with Crippen molar-refractivity contribution < 1.29 is 14.3 Å². The van der Waals surface area contributed by atoms with Crippen molar-refractivity contribution in [2.45, 2.75) is 12.1 Å². The monoisotopic (exact) mass is 345 g/mol. The van der Waals surface area contributed by atoms with Crippen molar-refractivity contribution in [2.75, 3.05) is 33.4 Å². The lowest BCUT2D eigenvalue weighted by Crippen LogP contribution is -2.49. The first-order chi connectivity index (χ1) is 12.1. The average Bonchev–Trinajstić information content (AvgIpc) is 3.04. The van der Waals surface area contributed by atoms with Crippen LogP contribution in [0.25, 0.3) is 0 Å². The summed E-state index contributed by atoms with van der Waals surface area (Å²) in [5, 5.41) is 7.13. The van der Waals surface area contributed by atoms with Gasteiger partial charge < -0.3 is 14.8 Å². The standard InChI is InChI=1S/C17H23N5O3/c1-21-8-9-24-15(17(21)14-5-7-20-22(14)2)11-19-16(23)12-25-13-4-3-6-18-10-13/h3-7,10,15,17H,8-9,11-12H2,1-2H3,(H,19,23)/t15-,17-/m0/s1. The van der Waals surface area contributed by atoms with E-state index in [9.17, 15) is 4.79 Å². The normalized spacial score (nSPS) is 21.0. The molecule has 0 aromatic carbocycles. The largest absolute Gasteiger partial charge is 0.482 e. The molecule has 1 aliphatic heterocycles. The molecule has 0 radical (unpaired) electrons. The van der Waals surface area contributed by atoms with E-state index in [1.165, 1.54) is 0 Å². The Bertz CT molecular complexity index is 691. The van der Waals surface area contributed by atoms with Crippen LogP contribution < -0.4 is 10.1 Å². The zero-order valence-corrected chi connectivity index (χ0v) is 14.5. The van der Waals surface area contributed by atoms with E-state index in [1.807, 2.05) is 17.8 Å². The lowest BCUT2D eigenvalue weighted by Gasteiger charge is -2.39. The molecule has 8 heteroatoms. The van der Waals surface area contributed by atoms with Crippen molar-refractivity contribution >= 4 is 5.91 Å². The van der Waals surface area contributed by atoms with Gasteiger partial charge in [0.25, 0.3) is 5.91 Å². The van der Waals surface area contributed by atoms with Crippen LogP contribution >= 0.6 is 0 Å². The highest BCUT2D eigenvalue weighted by atomic mass is 16.5. The molecule has 2 atom stereocenters. The zero-order chi connectivity index (χ0) is 17.6. The van der Waals surface area contributed by atoms with E-state index < -0.39 is 0 Å². The van der Waals surface area contributed by atoms with Gasteiger partial charge in [-0.25, -0.2) is 0 Å². The Hall–Kier alpha value is -2.45. The molecule has 0 unspecified atom stereocenters. The predicted octanol–water partition coefficient (Wildman–Crippen LogP) is 0.382. The summed E-state index contributed by atoms with van der Waals surface area (Å²) < 4.78 is 13.2. The number of nitrogens with one attached hydrogen (secondary N) is 1. The Morgan fingerprint density at radius 1 is 1.40 bits per heavy atom. The number of hydrogen-bond acceptors (Lipinski definition) is 6. The van der Waals surface area contributed by atoms with Crippen LogP contribution in [0, 0.1) is 0 Å². The summed E-state index contributed by atoms with van der Waals surface area (Å²) in [5.74, 6) is 0.378. The molecular weight excluding hydrogens is 322 g/mol. The van der Waals surface area contributed by atoms with Crippen LogP contribution in [0.1, 0.15) is 11.7 Å². The SMILES string of the molecule is CN1CCO[C@@H](CNC(=O)COc2cccnc2)[C@@H]1c1ccnn1C. The second-order valence-corrected chi connectivity index (χ2v) is 6.00. The third-order valence-electron chi connectivity index (χ3n) is 4.27. The fourth-order valence-electron chi connectivity index (χ4n) is 2.97. The highest BCUT2D eigenvalue weighted by Crippen LogP contribution is 2.27. The van der Waals surface area contributed by atoms with Crippen LogP contribution in [0.15, 0.2) is 36.8 Å². The molecule has 0 spiro atoms. The number of rotatable bonds is 6. The molecular formula is C17H23N5O3. The number of aryl methyl sites for hydroxylation is 1. The second kappa shape index (κ2) is 8.09. The summed E-state index contributed by atoms with van der Waals surface area (Å²) in [7, 11) is 3.97. The van der Waals surface area contributed by atoms with Crippen LogP contribution in [0.2, 0.25) is 0 Å². The minimum atomic E-state index is -0.190. The first-order valence-electron chi connectivity index (χ1n) is 8.24. The Balaban J connectivity index is 1.55. The number of likely N-dealkylation sites (N-methyl/N-ethyl adjacent to an activating group) is 1. The van der Waals surface area contributed by atoms with Gasteiger partial charge in [0, 0.05) is 32.5 Å². The molecule has 134 valence electrons. The van der Waals surface area contributed by atoms with Gasteiger partial charge in [0.05, 0.1) is 30.6 Å². The number of hydrogen-bond donors (Lipinski definition) is 1. The van der Waals surface area contributed by atoms with E-state index in [0.29, 0.717) is 18.9 Å². The molecule has 3 rings (SSSR count). The third-order valence-corrected chi connectivity index (χ3v) is 4.27. The van der Waals surface area contributed by atoms with Crippen molar-refractivity contribution in [1.82, 2.24) is 25.0 Å². The van der Waals surface area contributed by atoms with E-state index in [-0.39, 0.29) is 24.7 Å². The molecule has 1 N–H and O–H groups in total. The van der Waals surface area contributed by atoms with Gasteiger partial charge in [0.2, 0.25) is 0 Å². The van der Waals surface area contributed by atoms with E-state index in [2.05, 4.69) is 27.3 Å². The number of carbonyl (C=O) groups excluding carboxylic acids is 1. The first-order valence-corrected chi connectivity index (χ1v) is 8.24. The maximum atomic E-state index is 12.1. The maximum absolute atomic E-state index is 12.1. The van der Waals surface area contributed by atoms with Crippen molar-refractivity contribution in [3.63, 3.8) is 0 Å². The summed E-state index contributed by atoms with van der Waals surface area (Å²) >= 11 is 0. The lowest BCUT2D eigenvalue weighted by molar-refractivity contribution is -0.125. The van der Waals surface area contributed by atoms with Gasteiger partial charge in [0.1, 0.15) is 5.75 Å². The third kappa shape index (κ3) is 4.34. The van der Waals surface area contributed by atoms with Gasteiger partial charge >= 0.3 is 0 Å². The number of carbonyl (C=O) groups is 1. The summed E-state index contributed by atoms with van der Waals surface area (Å²) in [6.07, 6.45) is 4.86. The summed E-state index contributed by atoms with van der Waals surface area (Å²) in [4.78, 5) is 18.2. The topological polar surface area (TPSA) is 81.5 Å². The summed E-state index contributed by atoms with van der Waals surface area (Å²) in [6.45, 7) is 1.84. The fourth-order valence-corrected chi connectivity index (χ4v) is 2.97. The number of aromatic nitrogens is 3. The van der Waals surface area contributed by atoms with Gasteiger partial charge in [0.15, 0.2) is 6.61 Å². The maximum Gasteiger partial charge on any atom is 0.258 e. The summed E-state index contributed by atoms with van der Waals surface area (Å²) in [6, 6.07) is 5.55. The number of morpholine rings is 1. The van der Waals surface area contributed by atoms with Crippen molar-refractivity contribution in [3.8, 4) is 5.75 Å². The highest BCUT2D eigenvalue weighted by Gasteiger charge is 2.33. The predicted molar refractivity (Wildman–Crippen MR) is 91.1 cm³/mol. The van der Waals surface area contributed by atoms with Crippen LogP contribution in [0.5, 0.6) is 5.75 Å².